The highest BCUT2D eigenvalue weighted by Gasteiger charge is 2.51. The highest BCUT2D eigenvalue weighted by atomic mass is 16.7. The van der Waals surface area contributed by atoms with Crippen LogP contribution in [0.3, 0.4) is 0 Å². The molecule has 2 heterocycles. The average molecular weight is 456 g/mol. The lowest BCUT2D eigenvalue weighted by molar-refractivity contribution is -0.166. The summed E-state index contributed by atoms with van der Waals surface area (Å²) in [6.07, 6.45) is -4.23. The van der Waals surface area contributed by atoms with Crippen molar-refractivity contribution >= 4 is 23.8 Å². The van der Waals surface area contributed by atoms with Crippen LogP contribution in [0.15, 0.2) is 15.8 Å². The highest BCUT2D eigenvalue weighted by Crippen LogP contribution is 2.33. The Morgan fingerprint density at radius 1 is 1.09 bits per heavy atom. The number of ether oxygens (including phenoxy) is 4. The van der Waals surface area contributed by atoms with E-state index in [0.29, 0.717) is 0 Å². The summed E-state index contributed by atoms with van der Waals surface area (Å²) in [5.74, 6) is -2.99. The van der Waals surface area contributed by atoms with Crippen LogP contribution in [0.2, 0.25) is 0 Å². The van der Waals surface area contributed by atoms with E-state index in [-0.39, 0.29) is 19.7 Å². The smallest absolute Gasteiger partial charge is 0.330 e. The second-order valence-electron chi connectivity index (χ2n) is 6.77. The van der Waals surface area contributed by atoms with Gasteiger partial charge >= 0.3 is 23.6 Å². The molecule has 4 N–H and O–H groups in total. The quantitative estimate of drug-likeness (QED) is 0.277. The fourth-order valence-corrected chi connectivity index (χ4v) is 3.03. The predicted molar refractivity (Wildman–Crippen MR) is 104 cm³/mol. The lowest BCUT2D eigenvalue weighted by Crippen LogP contribution is -2.44. The van der Waals surface area contributed by atoms with Crippen molar-refractivity contribution < 1.29 is 38.1 Å². The second-order valence-corrected chi connectivity index (χ2v) is 6.77. The summed E-state index contributed by atoms with van der Waals surface area (Å²) in [6.45, 7) is 3.15. The normalized spacial score (nSPS) is 22.1. The largest absolute Gasteiger partial charge is 0.463 e. The summed E-state index contributed by atoms with van der Waals surface area (Å²) in [4.78, 5) is 73.4. The van der Waals surface area contributed by atoms with Crippen molar-refractivity contribution in [3.63, 3.8) is 0 Å². The Labute approximate surface area is 180 Å². The number of amides is 1. The van der Waals surface area contributed by atoms with Crippen molar-refractivity contribution in [1.29, 1.82) is 0 Å². The van der Waals surface area contributed by atoms with Crippen LogP contribution in [0, 0.1) is 0 Å². The first-order valence-corrected chi connectivity index (χ1v) is 9.52. The molecule has 0 unspecified atom stereocenters. The number of nitrogens with one attached hydrogen (secondary N) is 2. The summed E-state index contributed by atoms with van der Waals surface area (Å²) in [6, 6.07) is 0. The van der Waals surface area contributed by atoms with Gasteiger partial charge in [0.05, 0.1) is 0 Å². The van der Waals surface area contributed by atoms with Gasteiger partial charge in [0.15, 0.2) is 18.4 Å². The molecule has 4 atom stereocenters. The molecule has 0 spiro atoms. The van der Waals surface area contributed by atoms with Crippen molar-refractivity contribution in [3.8, 4) is 0 Å². The van der Waals surface area contributed by atoms with E-state index in [1.165, 1.54) is 0 Å². The summed E-state index contributed by atoms with van der Waals surface area (Å²) in [5.41, 5.74) is 2.95. The molecule has 1 aromatic heterocycles. The molecule has 0 aromatic carbocycles. The minimum Gasteiger partial charge on any atom is -0.463 e. The number of nitrogens with two attached hydrogens (primary N) is 1. The third-order valence-corrected chi connectivity index (χ3v) is 4.26. The van der Waals surface area contributed by atoms with Crippen LogP contribution in [-0.2, 0) is 33.3 Å². The summed E-state index contributed by atoms with van der Waals surface area (Å²) < 4.78 is 21.9. The lowest BCUT2D eigenvalue weighted by atomic mass is 10.1. The fraction of sp³-hybridized carbons (Fsp3) is 0.556. The zero-order valence-electron chi connectivity index (χ0n) is 17.6. The van der Waals surface area contributed by atoms with Gasteiger partial charge in [-0.1, -0.05) is 0 Å². The summed E-state index contributed by atoms with van der Waals surface area (Å²) >= 11 is 0. The number of rotatable bonds is 8. The van der Waals surface area contributed by atoms with Gasteiger partial charge in [0.25, 0.3) is 11.5 Å². The first-order valence-electron chi connectivity index (χ1n) is 9.52. The molecule has 1 saturated heterocycles. The molecule has 1 fully saturated rings. The van der Waals surface area contributed by atoms with E-state index >= 15 is 0 Å². The maximum atomic E-state index is 12.5. The topological polar surface area (TPSA) is 198 Å². The van der Waals surface area contributed by atoms with E-state index in [2.05, 4.69) is 5.32 Å². The van der Waals surface area contributed by atoms with E-state index in [4.69, 9.17) is 24.7 Å². The molecule has 32 heavy (non-hydrogen) atoms. The van der Waals surface area contributed by atoms with E-state index < -0.39 is 65.2 Å². The number of aromatic amines is 1. The number of hydrogen-bond donors (Lipinski definition) is 3. The van der Waals surface area contributed by atoms with Crippen LogP contribution in [0.4, 0.5) is 0 Å². The van der Waals surface area contributed by atoms with Crippen LogP contribution in [0.25, 0.3) is 0 Å². The minimum atomic E-state index is -1.42. The lowest BCUT2D eigenvalue weighted by Gasteiger charge is -2.24. The number of aromatic nitrogens is 2. The number of carbonyl (C=O) groups excluding carboxylic acids is 4. The van der Waals surface area contributed by atoms with Gasteiger partial charge < -0.3 is 30.0 Å². The van der Waals surface area contributed by atoms with Gasteiger partial charge in [-0.2, -0.15) is 0 Å². The molecule has 0 saturated carbocycles. The minimum absolute atomic E-state index is 0.0758. The number of carbonyl (C=O) groups is 4. The SMILES string of the molecule is CC(=O)OC[C@H]1O[C@@H](n2cc(C(=O)NCCN)c(=O)[nH]c2=O)[C@H](OC(C)=O)[C@@H]1OC(C)=O. The zero-order chi connectivity index (χ0) is 24.0. The van der Waals surface area contributed by atoms with Crippen molar-refractivity contribution in [3.05, 3.63) is 32.6 Å². The van der Waals surface area contributed by atoms with Crippen molar-refractivity contribution in [2.24, 2.45) is 5.73 Å². The first-order chi connectivity index (χ1) is 15.0. The van der Waals surface area contributed by atoms with Crippen LogP contribution < -0.4 is 22.3 Å². The molecular weight excluding hydrogens is 432 g/mol. The molecule has 0 radical (unpaired) electrons. The number of esters is 3. The van der Waals surface area contributed by atoms with E-state index in [1.807, 2.05) is 4.98 Å². The Balaban J connectivity index is 2.51. The Morgan fingerprint density at radius 3 is 2.28 bits per heavy atom. The van der Waals surface area contributed by atoms with Gasteiger partial charge in [0.1, 0.15) is 18.3 Å². The molecule has 1 aliphatic heterocycles. The van der Waals surface area contributed by atoms with Gasteiger partial charge in [0, 0.05) is 40.1 Å². The predicted octanol–water partition coefficient (Wildman–Crippen LogP) is -2.45. The van der Waals surface area contributed by atoms with E-state index in [9.17, 15) is 28.8 Å². The van der Waals surface area contributed by atoms with Gasteiger partial charge in [-0.3, -0.25) is 33.5 Å². The molecule has 14 nitrogen and oxygen atoms in total. The maximum Gasteiger partial charge on any atom is 0.330 e. The Morgan fingerprint density at radius 2 is 1.72 bits per heavy atom. The molecule has 176 valence electrons. The van der Waals surface area contributed by atoms with Gasteiger partial charge in [0.2, 0.25) is 0 Å². The Kier molecular flexibility index (Phi) is 8.26. The Hall–Kier alpha value is -3.52. The van der Waals surface area contributed by atoms with Crippen LogP contribution >= 0.6 is 0 Å². The van der Waals surface area contributed by atoms with E-state index in [0.717, 1.165) is 31.5 Å². The number of nitrogens with zero attached hydrogens (tertiary/aromatic N) is 1. The van der Waals surface area contributed by atoms with Crippen LogP contribution in [0.1, 0.15) is 37.4 Å². The number of H-pyrrole nitrogens is 1. The first kappa shape index (κ1) is 24.7. The Bertz CT molecular complexity index is 1000. The molecule has 0 aliphatic carbocycles. The van der Waals surface area contributed by atoms with Gasteiger partial charge in [-0.05, 0) is 0 Å². The van der Waals surface area contributed by atoms with Gasteiger partial charge in [-0.15, -0.1) is 0 Å². The standard InChI is InChI=1S/C18H24N4O10/c1-8(23)29-7-12-13(30-9(2)24)14(31-10(3)25)17(32-12)22-6-11(15(26)20-5-4-19)16(27)21-18(22)28/h6,12-14,17H,4-5,7,19H2,1-3H3,(H,20,26)(H,21,27,28)/t12-,13-,14-,17-/m1/s1. The van der Waals surface area contributed by atoms with Gasteiger partial charge in [-0.25, -0.2) is 4.79 Å². The van der Waals surface area contributed by atoms with Crippen molar-refractivity contribution in [1.82, 2.24) is 14.9 Å². The number of hydrogen-bond acceptors (Lipinski definition) is 11. The third-order valence-electron chi connectivity index (χ3n) is 4.26. The molecule has 1 aromatic rings. The molecule has 0 bridgehead atoms. The molecular formula is C18H24N4O10. The second kappa shape index (κ2) is 10.7. The van der Waals surface area contributed by atoms with Crippen molar-refractivity contribution in [2.45, 2.75) is 45.3 Å². The molecule has 1 amide bonds. The average Bonchev–Trinajstić information content (AvgIpc) is 3.00. The fourth-order valence-electron chi connectivity index (χ4n) is 3.03. The van der Waals surface area contributed by atoms with E-state index in [1.54, 1.807) is 0 Å². The van der Waals surface area contributed by atoms with Crippen LogP contribution in [-0.4, -0.2) is 71.4 Å². The molecule has 1 aliphatic rings. The zero-order valence-corrected chi connectivity index (χ0v) is 17.6. The highest BCUT2D eigenvalue weighted by molar-refractivity contribution is 5.93. The summed E-state index contributed by atoms with van der Waals surface area (Å²) in [7, 11) is 0. The summed E-state index contributed by atoms with van der Waals surface area (Å²) in [5, 5.41) is 2.39. The molecule has 14 heteroatoms. The third kappa shape index (κ3) is 6.01. The monoisotopic (exact) mass is 456 g/mol. The maximum absolute atomic E-state index is 12.5. The van der Waals surface area contributed by atoms with Crippen molar-refractivity contribution in [2.75, 3.05) is 19.7 Å². The molecule has 2 rings (SSSR count). The van der Waals surface area contributed by atoms with Crippen LogP contribution in [0.5, 0.6) is 0 Å².